The Labute approximate surface area is 165 Å². The Hall–Kier alpha value is -1.77. The van der Waals surface area contributed by atoms with Gasteiger partial charge in [0.05, 0.1) is 4.90 Å². The van der Waals surface area contributed by atoms with Crippen LogP contribution in [0.2, 0.25) is 0 Å². The quantitative estimate of drug-likeness (QED) is 0.761. The molecule has 1 aromatic rings. The predicted molar refractivity (Wildman–Crippen MR) is 103 cm³/mol. The second kappa shape index (κ2) is 7.93. The minimum absolute atomic E-state index is 0.00899. The fourth-order valence-corrected chi connectivity index (χ4v) is 6.07. The van der Waals surface area contributed by atoms with E-state index in [1.54, 1.807) is 0 Å². The van der Waals surface area contributed by atoms with E-state index in [1.807, 2.05) is 5.01 Å². The van der Waals surface area contributed by atoms with Gasteiger partial charge in [-0.05, 0) is 61.8 Å². The van der Waals surface area contributed by atoms with Crippen molar-refractivity contribution in [2.24, 2.45) is 11.8 Å². The second-order valence-corrected chi connectivity index (χ2v) is 9.94. The number of amides is 1. The van der Waals surface area contributed by atoms with Crippen molar-refractivity contribution in [3.05, 3.63) is 41.7 Å². The van der Waals surface area contributed by atoms with Crippen molar-refractivity contribution in [1.82, 2.24) is 14.7 Å². The predicted octanol–water partition coefficient (Wildman–Crippen LogP) is 2.30. The van der Waals surface area contributed by atoms with E-state index in [9.17, 15) is 17.6 Å². The van der Waals surface area contributed by atoms with E-state index in [0.29, 0.717) is 25.4 Å². The van der Waals surface area contributed by atoms with E-state index < -0.39 is 15.8 Å². The molecule has 152 valence electrons. The summed E-state index contributed by atoms with van der Waals surface area (Å²) in [6.07, 6.45) is 6.45. The lowest BCUT2D eigenvalue weighted by Crippen LogP contribution is -2.44. The highest BCUT2D eigenvalue weighted by molar-refractivity contribution is 7.89. The normalized spacial score (nSPS) is 26.1. The van der Waals surface area contributed by atoms with E-state index in [4.69, 9.17) is 0 Å². The number of nitrogens with zero attached hydrogens (tertiary/aromatic N) is 2. The Kier molecular flexibility index (Phi) is 5.53. The lowest BCUT2D eigenvalue weighted by molar-refractivity contribution is -0.126. The molecule has 3 aliphatic rings. The SMILES string of the molecule is O=C(CC1CCCN(S(=O)(=O)c2ccc(F)cc2)C1)NN1CC2=CCCC2C1. The first-order valence-electron chi connectivity index (χ1n) is 9.91. The summed E-state index contributed by atoms with van der Waals surface area (Å²) in [4.78, 5) is 12.6. The van der Waals surface area contributed by atoms with E-state index in [1.165, 1.54) is 28.4 Å². The Morgan fingerprint density at radius 3 is 2.71 bits per heavy atom. The summed E-state index contributed by atoms with van der Waals surface area (Å²) in [7, 11) is -3.66. The summed E-state index contributed by atoms with van der Waals surface area (Å²) in [6.45, 7) is 2.42. The fourth-order valence-electron chi connectivity index (χ4n) is 4.51. The number of hydrogen-bond donors (Lipinski definition) is 1. The zero-order valence-electron chi connectivity index (χ0n) is 15.8. The van der Waals surface area contributed by atoms with Gasteiger partial charge in [0.2, 0.25) is 15.9 Å². The van der Waals surface area contributed by atoms with Crippen LogP contribution >= 0.6 is 0 Å². The highest BCUT2D eigenvalue weighted by atomic mass is 32.2. The summed E-state index contributed by atoms with van der Waals surface area (Å²) in [5.74, 6) is 0.0529. The lowest BCUT2D eigenvalue weighted by atomic mass is 9.96. The van der Waals surface area contributed by atoms with Gasteiger partial charge in [-0.2, -0.15) is 4.31 Å². The van der Waals surface area contributed by atoms with Gasteiger partial charge in [0, 0.05) is 32.6 Å². The maximum atomic E-state index is 13.1. The van der Waals surface area contributed by atoms with Crippen molar-refractivity contribution in [1.29, 1.82) is 0 Å². The molecule has 0 saturated carbocycles. The molecule has 2 atom stereocenters. The molecule has 1 aromatic carbocycles. The molecule has 1 N–H and O–H groups in total. The Morgan fingerprint density at radius 2 is 1.96 bits per heavy atom. The Morgan fingerprint density at radius 1 is 1.18 bits per heavy atom. The number of benzene rings is 1. The zero-order valence-corrected chi connectivity index (χ0v) is 16.6. The van der Waals surface area contributed by atoms with Crippen LogP contribution in [0.4, 0.5) is 4.39 Å². The summed E-state index contributed by atoms with van der Waals surface area (Å²) in [5.41, 5.74) is 4.42. The first-order valence-corrected chi connectivity index (χ1v) is 11.3. The maximum absolute atomic E-state index is 13.1. The monoisotopic (exact) mass is 407 g/mol. The van der Waals surface area contributed by atoms with Crippen LogP contribution in [-0.2, 0) is 14.8 Å². The van der Waals surface area contributed by atoms with Crippen LogP contribution in [0.15, 0.2) is 40.8 Å². The summed E-state index contributed by atoms with van der Waals surface area (Å²) >= 11 is 0. The minimum atomic E-state index is -3.66. The van der Waals surface area contributed by atoms with Gasteiger partial charge < -0.3 is 0 Å². The number of piperidine rings is 1. The fraction of sp³-hybridized carbons (Fsp3) is 0.550. The third-order valence-electron chi connectivity index (χ3n) is 5.95. The molecule has 8 heteroatoms. The van der Waals surface area contributed by atoms with Crippen molar-refractivity contribution < 1.29 is 17.6 Å². The minimum Gasteiger partial charge on any atom is -0.289 e. The average molecular weight is 408 g/mol. The third kappa shape index (κ3) is 4.14. The molecule has 28 heavy (non-hydrogen) atoms. The van der Waals surface area contributed by atoms with Gasteiger partial charge >= 0.3 is 0 Å². The van der Waals surface area contributed by atoms with Gasteiger partial charge in [0.25, 0.3) is 0 Å². The lowest BCUT2D eigenvalue weighted by Gasteiger charge is -2.32. The maximum Gasteiger partial charge on any atom is 0.243 e. The van der Waals surface area contributed by atoms with Crippen LogP contribution in [0.1, 0.15) is 32.1 Å². The number of sulfonamides is 1. The molecule has 2 heterocycles. The second-order valence-electron chi connectivity index (χ2n) is 8.00. The first kappa shape index (κ1) is 19.5. The molecule has 2 fully saturated rings. The van der Waals surface area contributed by atoms with Gasteiger partial charge in [-0.1, -0.05) is 11.6 Å². The van der Waals surface area contributed by atoms with Gasteiger partial charge in [0.15, 0.2) is 0 Å². The van der Waals surface area contributed by atoms with Crippen molar-refractivity contribution >= 4 is 15.9 Å². The zero-order chi connectivity index (χ0) is 19.7. The first-order chi connectivity index (χ1) is 13.4. The van der Waals surface area contributed by atoms with Crippen molar-refractivity contribution in [2.45, 2.75) is 37.0 Å². The highest BCUT2D eigenvalue weighted by Gasteiger charge is 2.33. The molecule has 2 saturated heterocycles. The molecule has 0 aromatic heterocycles. The number of fused-ring (bicyclic) bond motifs is 1. The summed E-state index contributed by atoms with van der Waals surface area (Å²) in [5, 5.41) is 1.98. The van der Waals surface area contributed by atoms with E-state index in [2.05, 4.69) is 11.5 Å². The number of carbonyl (C=O) groups excluding carboxylic acids is 1. The van der Waals surface area contributed by atoms with Gasteiger partial charge in [-0.15, -0.1) is 0 Å². The molecule has 1 aliphatic carbocycles. The van der Waals surface area contributed by atoms with E-state index >= 15 is 0 Å². The number of halogens is 1. The molecule has 0 bridgehead atoms. The summed E-state index contributed by atoms with van der Waals surface area (Å²) < 4.78 is 40.1. The largest absolute Gasteiger partial charge is 0.289 e. The van der Waals surface area contributed by atoms with Crippen molar-refractivity contribution in [3.8, 4) is 0 Å². The van der Waals surface area contributed by atoms with E-state index in [0.717, 1.165) is 44.5 Å². The molecule has 1 amide bonds. The third-order valence-corrected chi connectivity index (χ3v) is 7.83. The molecular weight excluding hydrogens is 381 g/mol. The number of hydrogen-bond acceptors (Lipinski definition) is 4. The molecule has 4 rings (SSSR count). The van der Waals surface area contributed by atoms with E-state index in [-0.39, 0.29) is 16.7 Å². The Bertz CT molecular complexity index is 869. The summed E-state index contributed by atoms with van der Waals surface area (Å²) in [6, 6.07) is 4.89. The molecule has 6 nitrogen and oxygen atoms in total. The number of carbonyl (C=O) groups is 1. The number of hydrazine groups is 1. The Balaban J connectivity index is 1.33. The van der Waals surface area contributed by atoms with Gasteiger partial charge in [0.1, 0.15) is 5.82 Å². The van der Waals surface area contributed by atoms with Crippen LogP contribution in [0.3, 0.4) is 0 Å². The van der Waals surface area contributed by atoms with Crippen LogP contribution in [0.5, 0.6) is 0 Å². The van der Waals surface area contributed by atoms with Crippen molar-refractivity contribution in [2.75, 3.05) is 26.2 Å². The highest BCUT2D eigenvalue weighted by Crippen LogP contribution is 2.32. The van der Waals surface area contributed by atoms with Crippen LogP contribution < -0.4 is 5.43 Å². The smallest absolute Gasteiger partial charge is 0.243 e. The molecule has 0 spiro atoms. The van der Waals surface area contributed by atoms with Crippen molar-refractivity contribution in [3.63, 3.8) is 0 Å². The molecule has 0 radical (unpaired) electrons. The average Bonchev–Trinajstić information content (AvgIpc) is 3.23. The molecule has 2 unspecified atom stereocenters. The van der Waals surface area contributed by atoms with Crippen LogP contribution in [0.25, 0.3) is 0 Å². The number of rotatable bonds is 5. The standard InChI is InChI=1S/C20H26FN3O3S/c21-18-6-8-19(9-7-18)28(26,27)24-10-2-3-15(12-24)11-20(25)22-23-13-16-4-1-5-17(16)14-23/h4,6-9,15,17H,1-3,5,10-14H2,(H,22,25). The topological polar surface area (TPSA) is 69.7 Å². The number of nitrogens with one attached hydrogen (secondary N) is 1. The molecule has 2 aliphatic heterocycles. The van der Waals surface area contributed by atoms with Gasteiger partial charge in [-0.3, -0.25) is 10.2 Å². The van der Waals surface area contributed by atoms with Gasteiger partial charge in [-0.25, -0.2) is 17.8 Å². The number of allylic oxidation sites excluding steroid dienone is 1. The molecular formula is C20H26FN3O3S. The van der Waals surface area contributed by atoms with Crippen LogP contribution in [0, 0.1) is 17.7 Å². The van der Waals surface area contributed by atoms with Crippen LogP contribution in [-0.4, -0.2) is 49.8 Å².